The van der Waals surface area contributed by atoms with E-state index in [1.165, 1.54) is 50.8 Å². The predicted octanol–water partition coefficient (Wildman–Crippen LogP) is 5.03. The summed E-state index contributed by atoms with van der Waals surface area (Å²) < 4.78 is 0. The summed E-state index contributed by atoms with van der Waals surface area (Å²) in [6.07, 6.45) is 13.2. The first-order valence-corrected chi connectivity index (χ1v) is 9.31. The Morgan fingerprint density at radius 1 is 0.714 bits per heavy atom. The van der Waals surface area contributed by atoms with Crippen molar-refractivity contribution in [2.45, 2.75) is 59.3 Å². The molecule has 0 atom stereocenters. The highest BCUT2D eigenvalue weighted by atomic mass is 31.2. The first-order chi connectivity index (χ1) is 6.68. The maximum Gasteiger partial charge on any atom is 0.0591 e. The van der Waals surface area contributed by atoms with E-state index in [1.807, 2.05) is 0 Å². The fraction of sp³-hybridized carbons (Fsp3) is 1.00. The van der Waals surface area contributed by atoms with Crippen molar-refractivity contribution in [2.24, 2.45) is 0 Å². The second-order valence-electron chi connectivity index (χ2n) is 4.74. The lowest BCUT2D eigenvalue weighted by atomic mass is 10.1. The van der Waals surface area contributed by atoms with Crippen LogP contribution in [0.25, 0.3) is 0 Å². The van der Waals surface area contributed by atoms with Crippen molar-refractivity contribution in [2.75, 3.05) is 25.2 Å². The molecule has 0 saturated carbocycles. The fourth-order valence-electron chi connectivity index (χ4n) is 1.81. The van der Waals surface area contributed by atoms with Crippen molar-refractivity contribution in [1.82, 2.24) is 0 Å². The molecule has 0 saturated heterocycles. The Morgan fingerprint density at radius 2 is 1.21 bits per heavy atom. The Hall–Kier alpha value is 0.430. The van der Waals surface area contributed by atoms with Gasteiger partial charge in [0.2, 0.25) is 0 Å². The SMILES string of the molecule is CCCCCCCC[P+](C)(CC)CC. The van der Waals surface area contributed by atoms with Gasteiger partial charge in [-0.2, -0.15) is 0 Å². The van der Waals surface area contributed by atoms with Crippen LogP contribution >= 0.6 is 7.26 Å². The average molecular weight is 217 g/mol. The van der Waals surface area contributed by atoms with E-state index in [0.29, 0.717) is 0 Å². The van der Waals surface area contributed by atoms with E-state index in [1.54, 1.807) is 6.16 Å². The first kappa shape index (κ1) is 14.4. The summed E-state index contributed by atoms with van der Waals surface area (Å²) in [7, 11) is -0.487. The topological polar surface area (TPSA) is 0 Å². The van der Waals surface area contributed by atoms with Crippen molar-refractivity contribution in [1.29, 1.82) is 0 Å². The van der Waals surface area contributed by atoms with Crippen LogP contribution < -0.4 is 0 Å². The Kier molecular flexibility index (Phi) is 8.98. The number of unbranched alkanes of at least 4 members (excludes halogenated alkanes) is 5. The molecule has 0 aliphatic carbocycles. The van der Waals surface area contributed by atoms with Gasteiger partial charge < -0.3 is 0 Å². The quantitative estimate of drug-likeness (QED) is 0.375. The summed E-state index contributed by atoms with van der Waals surface area (Å²) in [6.45, 7) is 9.61. The molecule has 0 aromatic rings. The van der Waals surface area contributed by atoms with Crippen molar-refractivity contribution < 1.29 is 0 Å². The maximum absolute atomic E-state index is 2.55. The summed E-state index contributed by atoms with van der Waals surface area (Å²) in [6, 6.07) is 0. The van der Waals surface area contributed by atoms with Crippen molar-refractivity contribution in [3.63, 3.8) is 0 Å². The van der Waals surface area contributed by atoms with Gasteiger partial charge in [-0.15, -0.1) is 0 Å². The van der Waals surface area contributed by atoms with E-state index in [-0.39, 0.29) is 0 Å². The van der Waals surface area contributed by atoms with Gasteiger partial charge in [0, 0.05) is 13.9 Å². The highest BCUT2D eigenvalue weighted by Gasteiger charge is 2.25. The molecule has 86 valence electrons. The van der Waals surface area contributed by atoms with Crippen LogP contribution in [-0.4, -0.2) is 25.2 Å². The number of hydrogen-bond donors (Lipinski definition) is 0. The lowest BCUT2D eigenvalue weighted by Gasteiger charge is -2.19. The lowest BCUT2D eigenvalue weighted by Crippen LogP contribution is -2.02. The van der Waals surface area contributed by atoms with E-state index in [4.69, 9.17) is 0 Å². The molecule has 0 rings (SSSR count). The van der Waals surface area contributed by atoms with E-state index >= 15 is 0 Å². The largest absolute Gasteiger partial charge is 0.0654 e. The van der Waals surface area contributed by atoms with Gasteiger partial charge in [-0.1, -0.05) is 32.6 Å². The zero-order valence-corrected chi connectivity index (χ0v) is 11.7. The fourth-order valence-corrected chi connectivity index (χ4v) is 3.88. The molecule has 0 N–H and O–H groups in total. The van der Waals surface area contributed by atoms with Gasteiger partial charge in [-0.3, -0.25) is 0 Å². The maximum atomic E-state index is 2.55. The third kappa shape index (κ3) is 6.82. The van der Waals surface area contributed by atoms with E-state index in [9.17, 15) is 0 Å². The summed E-state index contributed by atoms with van der Waals surface area (Å²) in [5, 5.41) is 0. The van der Waals surface area contributed by atoms with Crippen LogP contribution in [0.4, 0.5) is 0 Å². The molecule has 0 radical (unpaired) electrons. The van der Waals surface area contributed by atoms with E-state index in [2.05, 4.69) is 27.4 Å². The van der Waals surface area contributed by atoms with E-state index in [0.717, 1.165) is 0 Å². The Bertz CT molecular complexity index is 116. The summed E-state index contributed by atoms with van der Waals surface area (Å²) in [5.41, 5.74) is 0. The molecular formula is C13H30P+. The minimum atomic E-state index is -0.487. The Balaban J connectivity index is 3.34. The lowest BCUT2D eigenvalue weighted by molar-refractivity contribution is 0.625. The average Bonchev–Trinajstić information content (AvgIpc) is 2.23. The Morgan fingerprint density at radius 3 is 1.71 bits per heavy atom. The minimum Gasteiger partial charge on any atom is -0.0654 e. The van der Waals surface area contributed by atoms with Crippen molar-refractivity contribution in [3.05, 3.63) is 0 Å². The first-order valence-electron chi connectivity index (χ1n) is 6.52. The molecule has 0 aliphatic rings. The summed E-state index contributed by atoms with van der Waals surface area (Å²) >= 11 is 0. The summed E-state index contributed by atoms with van der Waals surface area (Å²) in [5.74, 6) is 0. The highest BCUT2D eigenvalue weighted by Crippen LogP contribution is 2.54. The normalized spacial score (nSPS) is 12.0. The third-order valence-corrected chi connectivity index (χ3v) is 8.03. The molecule has 0 spiro atoms. The van der Waals surface area contributed by atoms with Gasteiger partial charge in [0.05, 0.1) is 18.5 Å². The van der Waals surface area contributed by atoms with Gasteiger partial charge in [0.25, 0.3) is 0 Å². The van der Waals surface area contributed by atoms with Crippen molar-refractivity contribution >= 4 is 7.26 Å². The molecule has 1 heteroatoms. The van der Waals surface area contributed by atoms with Crippen LogP contribution in [0.5, 0.6) is 0 Å². The minimum absolute atomic E-state index is 0.487. The van der Waals surface area contributed by atoms with Crippen LogP contribution in [0.2, 0.25) is 0 Å². The molecule has 0 aromatic carbocycles. The number of hydrogen-bond acceptors (Lipinski definition) is 0. The van der Waals surface area contributed by atoms with Crippen LogP contribution in [-0.2, 0) is 0 Å². The molecule has 0 aliphatic heterocycles. The van der Waals surface area contributed by atoms with Gasteiger partial charge in [-0.05, 0) is 26.7 Å². The zero-order valence-electron chi connectivity index (χ0n) is 10.8. The standard InChI is InChI=1S/C13H30P/c1-5-8-9-10-11-12-13-14(4,6-2)7-3/h5-13H2,1-4H3/q+1. The van der Waals surface area contributed by atoms with Crippen molar-refractivity contribution in [3.8, 4) is 0 Å². The van der Waals surface area contributed by atoms with Crippen LogP contribution in [0.1, 0.15) is 59.3 Å². The monoisotopic (exact) mass is 217 g/mol. The van der Waals surface area contributed by atoms with Gasteiger partial charge >= 0.3 is 0 Å². The van der Waals surface area contributed by atoms with Crippen LogP contribution in [0.15, 0.2) is 0 Å². The molecule has 0 aromatic heterocycles. The highest BCUT2D eigenvalue weighted by molar-refractivity contribution is 7.75. The molecule has 0 bridgehead atoms. The zero-order chi connectivity index (χ0) is 10.9. The molecule has 0 unspecified atom stereocenters. The molecule has 14 heavy (non-hydrogen) atoms. The smallest absolute Gasteiger partial charge is 0.0591 e. The molecule has 0 heterocycles. The van der Waals surface area contributed by atoms with Crippen LogP contribution in [0, 0.1) is 0 Å². The molecule has 0 amide bonds. The Labute approximate surface area is 92.2 Å². The number of rotatable bonds is 9. The van der Waals surface area contributed by atoms with Gasteiger partial charge in [0.15, 0.2) is 0 Å². The van der Waals surface area contributed by atoms with E-state index < -0.39 is 7.26 Å². The van der Waals surface area contributed by atoms with Gasteiger partial charge in [-0.25, -0.2) is 0 Å². The second-order valence-corrected chi connectivity index (χ2v) is 9.69. The molecule has 0 fully saturated rings. The van der Waals surface area contributed by atoms with Gasteiger partial charge in [0.1, 0.15) is 0 Å². The molecular weight excluding hydrogens is 187 g/mol. The summed E-state index contributed by atoms with van der Waals surface area (Å²) in [4.78, 5) is 0. The molecule has 0 nitrogen and oxygen atoms in total. The third-order valence-electron chi connectivity index (χ3n) is 3.58. The van der Waals surface area contributed by atoms with Crippen LogP contribution in [0.3, 0.4) is 0 Å². The predicted molar refractivity (Wildman–Crippen MR) is 72.2 cm³/mol. The second kappa shape index (κ2) is 8.72.